The zero-order valence-corrected chi connectivity index (χ0v) is 10.6. The monoisotopic (exact) mass is 258 g/mol. The van der Waals surface area contributed by atoms with E-state index in [1.807, 2.05) is 48.7 Å². The van der Waals surface area contributed by atoms with Gasteiger partial charge in [0.1, 0.15) is 5.58 Å². The number of rotatable bonds is 2. The van der Waals surface area contributed by atoms with E-state index in [0.717, 1.165) is 16.5 Å². The zero-order valence-electron chi connectivity index (χ0n) is 9.81. The van der Waals surface area contributed by atoms with E-state index >= 15 is 0 Å². The molecule has 90 valence electrons. The minimum absolute atomic E-state index is 0.499. The number of benzene rings is 2. The van der Waals surface area contributed by atoms with Gasteiger partial charge in [0.2, 0.25) is 0 Å². The molecule has 18 heavy (non-hydrogen) atoms. The van der Waals surface area contributed by atoms with Crippen LogP contribution >= 0.6 is 11.8 Å². The number of halogens is 1. The van der Waals surface area contributed by atoms with Crippen LogP contribution in [0, 0.1) is 6.01 Å². The summed E-state index contributed by atoms with van der Waals surface area (Å²) < 4.78 is 18.9. The van der Waals surface area contributed by atoms with Crippen molar-refractivity contribution in [2.45, 2.75) is 4.90 Å². The molecule has 0 amide bonds. The smallest absolute Gasteiger partial charge is 0.292 e. The Morgan fingerprint density at radius 1 is 1.00 bits per heavy atom. The normalized spacial score (nSPS) is 11.0. The van der Waals surface area contributed by atoms with Gasteiger partial charge in [-0.25, -0.2) is 0 Å². The molecule has 0 unspecified atom stereocenters. The Bertz CT molecular complexity index is 688. The first kappa shape index (κ1) is 11.4. The summed E-state index contributed by atoms with van der Waals surface area (Å²) in [6.45, 7) is 0. The molecule has 0 radical (unpaired) electrons. The number of hydrogen-bond donors (Lipinski definition) is 0. The fourth-order valence-electron chi connectivity index (χ4n) is 2.13. The van der Waals surface area contributed by atoms with Crippen LogP contribution in [0.3, 0.4) is 0 Å². The van der Waals surface area contributed by atoms with Crippen LogP contribution in [0.5, 0.6) is 0 Å². The van der Waals surface area contributed by atoms with Crippen LogP contribution in [0.2, 0.25) is 0 Å². The van der Waals surface area contributed by atoms with Crippen LogP contribution in [0.4, 0.5) is 4.39 Å². The highest BCUT2D eigenvalue weighted by atomic mass is 32.2. The first-order valence-corrected chi connectivity index (χ1v) is 6.84. The standard InChI is InChI=1S/C15H11FOS/c1-18-14-13-11(10-6-3-2-4-7-10)8-5-9-12(13)17-15(14)16/h2-9H,1H3. The van der Waals surface area contributed by atoms with Gasteiger partial charge in [-0.3, -0.25) is 0 Å². The van der Waals surface area contributed by atoms with Gasteiger partial charge < -0.3 is 4.42 Å². The van der Waals surface area contributed by atoms with Crippen molar-refractivity contribution in [1.29, 1.82) is 0 Å². The lowest BCUT2D eigenvalue weighted by molar-refractivity contribution is 0.365. The first-order valence-electron chi connectivity index (χ1n) is 5.61. The lowest BCUT2D eigenvalue weighted by atomic mass is 10.0. The summed E-state index contributed by atoms with van der Waals surface area (Å²) in [4.78, 5) is 0.574. The van der Waals surface area contributed by atoms with Gasteiger partial charge >= 0.3 is 0 Å². The Labute approximate surface area is 109 Å². The summed E-state index contributed by atoms with van der Waals surface area (Å²) in [6, 6.07) is 15.1. The quantitative estimate of drug-likeness (QED) is 0.602. The molecule has 0 aliphatic rings. The third-order valence-corrected chi connectivity index (χ3v) is 3.69. The molecule has 1 heterocycles. The van der Waals surface area contributed by atoms with Crippen LogP contribution < -0.4 is 0 Å². The molecule has 0 bridgehead atoms. The molecular formula is C15H11FOS. The third-order valence-electron chi connectivity index (χ3n) is 2.92. The van der Waals surface area contributed by atoms with E-state index in [1.165, 1.54) is 11.8 Å². The predicted octanol–water partition coefficient (Wildman–Crippen LogP) is 4.96. The van der Waals surface area contributed by atoms with E-state index in [4.69, 9.17) is 4.42 Å². The molecular weight excluding hydrogens is 247 g/mol. The maximum Gasteiger partial charge on any atom is 0.292 e. The van der Waals surface area contributed by atoms with Crippen molar-refractivity contribution >= 4 is 22.7 Å². The molecule has 0 spiro atoms. The van der Waals surface area contributed by atoms with Crippen LogP contribution in [0.15, 0.2) is 57.8 Å². The van der Waals surface area contributed by atoms with E-state index in [1.54, 1.807) is 6.07 Å². The Balaban J connectivity index is 2.36. The highest BCUT2D eigenvalue weighted by Gasteiger charge is 2.16. The second-order valence-corrected chi connectivity index (χ2v) is 4.77. The van der Waals surface area contributed by atoms with Gasteiger partial charge in [-0.2, -0.15) is 4.39 Å². The van der Waals surface area contributed by atoms with Crippen molar-refractivity contribution in [3.8, 4) is 11.1 Å². The Hall–Kier alpha value is -1.74. The Kier molecular flexibility index (Phi) is 2.84. The minimum atomic E-state index is -0.499. The van der Waals surface area contributed by atoms with Crippen LogP contribution in [0.25, 0.3) is 22.1 Å². The summed E-state index contributed by atoms with van der Waals surface area (Å²) in [7, 11) is 0. The lowest BCUT2D eigenvalue weighted by Crippen LogP contribution is -1.80. The summed E-state index contributed by atoms with van der Waals surface area (Å²) >= 11 is 1.37. The summed E-state index contributed by atoms with van der Waals surface area (Å²) in [5.41, 5.74) is 2.67. The van der Waals surface area contributed by atoms with E-state index in [-0.39, 0.29) is 0 Å². The number of thioether (sulfide) groups is 1. The van der Waals surface area contributed by atoms with Gasteiger partial charge in [0, 0.05) is 5.39 Å². The molecule has 0 atom stereocenters. The molecule has 0 saturated carbocycles. The molecule has 2 aromatic carbocycles. The van der Waals surface area contributed by atoms with E-state index < -0.39 is 6.01 Å². The van der Waals surface area contributed by atoms with E-state index in [2.05, 4.69) is 0 Å². The van der Waals surface area contributed by atoms with Crippen molar-refractivity contribution in [2.75, 3.05) is 6.26 Å². The van der Waals surface area contributed by atoms with Crippen LogP contribution in [-0.4, -0.2) is 6.26 Å². The highest BCUT2D eigenvalue weighted by Crippen LogP contribution is 2.38. The van der Waals surface area contributed by atoms with Gasteiger partial charge in [-0.05, 0) is 23.4 Å². The molecule has 0 fully saturated rings. The van der Waals surface area contributed by atoms with Crippen molar-refractivity contribution in [3.05, 3.63) is 54.5 Å². The summed E-state index contributed by atoms with van der Waals surface area (Å²) in [6.07, 6.45) is 1.86. The topological polar surface area (TPSA) is 13.1 Å². The van der Waals surface area contributed by atoms with Crippen LogP contribution in [-0.2, 0) is 0 Å². The van der Waals surface area contributed by atoms with Gasteiger partial charge in [0.15, 0.2) is 0 Å². The molecule has 3 heteroatoms. The maximum absolute atomic E-state index is 13.7. The molecule has 0 saturated heterocycles. The third kappa shape index (κ3) is 1.71. The Morgan fingerprint density at radius 3 is 2.50 bits per heavy atom. The van der Waals surface area contributed by atoms with Crippen molar-refractivity contribution < 1.29 is 8.81 Å². The van der Waals surface area contributed by atoms with Crippen molar-refractivity contribution in [1.82, 2.24) is 0 Å². The predicted molar refractivity (Wildman–Crippen MR) is 73.4 cm³/mol. The summed E-state index contributed by atoms with van der Waals surface area (Å²) in [5, 5.41) is 0.855. The van der Waals surface area contributed by atoms with Gasteiger partial charge in [-0.1, -0.05) is 42.5 Å². The fourth-order valence-corrected chi connectivity index (χ4v) is 2.75. The SMILES string of the molecule is CSc1c(F)oc2cccc(-c3ccccc3)c12. The van der Waals surface area contributed by atoms with Gasteiger partial charge in [-0.15, -0.1) is 11.8 Å². The van der Waals surface area contributed by atoms with E-state index in [0.29, 0.717) is 10.5 Å². The van der Waals surface area contributed by atoms with Gasteiger partial charge in [0.05, 0.1) is 4.90 Å². The average Bonchev–Trinajstić information content (AvgIpc) is 2.74. The molecule has 1 aromatic heterocycles. The minimum Gasteiger partial charge on any atom is -0.430 e. The highest BCUT2D eigenvalue weighted by molar-refractivity contribution is 7.98. The fraction of sp³-hybridized carbons (Fsp3) is 0.0667. The number of fused-ring (bicyclic) bond motifs is 1. The molecule has 0 N–H and O–H groups in total. The van der Waals surface area contributed by atoms with E-state index in [9.17, 15) is 4.39 Å². The van der Waals surface area contributed by atoms with Crippen molar-refractivity contribution in [3.63, 3.8) is 0 Å². The second kappa shape index (κ2) is 4.50. The lowest BCUT2D eigenvalue weighted by Gasteiger charge is -2.03. The zero-order chi connectivity index (χ0) is 12.5. The Morgan fingerprint density at radius 2 is 1.78 bits per heavy atom. The molecule has 3 rings (SSSR count). The number of hydrogen-bond acceptors (Lipinski definition) is 2. The molecule has 3 aromatic rings. The first-order chi connectivity index (χ1) is 8.81. The summed E-state index contributed by atoms with van der Waals surface area (Å²) in [5.74, 6) is 0. The maximum atomic E-state index is 13.7. The second-order valence-electron chi connectivity index (χ2n) is 3.95. The molecule has 0 aliphatic heterocycles. The average molecular weight is 258 g/mol. The molecule has 0 aliphatic carbocycles. The van der Waals surface area contributed by atoms with Crippen LogP contribution in [0.1, 0.15) is 0 Å². The van der Waals surface area contributed by atoms with Gasteiger partial charge in [0.25, 0.3) is 6.01 Å². The largest absolute Gasteiger partial charge is 0.430 e. The number of furan rings is 1. The van der Waals surface area contributed by atoms with Crippen molar-refractivity contribution in [2.24, 2.45) is 0 Å². The molecule has 1 nitrogen and oxygen atoms in total.